The number of nitro benzene ring substituents is 1. The lowest BCUT2D eigenvalue weighted by Gasteiger charge is -2.12. The largest absolute Gasteiger partial charge is 0.493 e. The predicted octanol–water partition coefficient (Wildman–Crippen LogP) is 4.53. The number of non-ortho nitro benzene ring substituents is 1. The summed E-state index contributed by atoms with van der Waals surface area (Å²) in [5.74, 6) is 0.715. The zero-order valence-corrected chi connectivity index (χ0v) is 17.9. The van der Waals surface area contributed by atoms with Crippen LogP contribution in [0.15, 0.2) is 71.8 Å². The van der Waals surface area contributed by atoms with Gasteiger partial charge in [-0.1, -0.05) is 41.9 Å². The van der Waals surface area contributed by atoms with Crippen molar-refractivity contribution in [1.29, 1.82) is 0 Å². The topological polar surface area (TPSA) is 103 Å². The van der Waals surface area contributed by atoms with Crippen molar-refractivity contribution in [2.45, 2.75) is 13.0 Å². The molecule has 0 spiro atoms. The molecule has 0 atom stereocenters. The summed E-state index contributed by atoms with van der Waals surface area (Å²) >= 11 is 6.15. The molecule has 0 aliphatic rings. The Labute approximate surface area is 189 Å². The third-order valence-electron chi connectivity index (χ3n) is 4.44. The van der Waals surface area contributed by atoms with Crippen molar-refractivity contribution in [3.63, 3.8) is 0 Å². The number of nitrogens with one attached hydrogen (secondary N) is 1. The molecule has 3 aromatic carbocycles. The van der Waals surface area contributed by atoms with Crippen molar-refractivity contribution in [3.8, 4) is 11.5 Å². The smallest absolute Gasteiger partial charge is 0.269 e. The Kier molecular flexibility index (Phi) is 7.77. The van der Waals surface area contributed by atoms with E-state index in [1.165, 1.54) is 37.6 Å². The van der Waals surface area contributed by atoms with E-state index in [1.54, 1.807) is 24.3 Å². The Morgan fingerprint density at radius 2 is 1.88 bits per heavy atom. The number of benzene rings is 3. The molecule has 32 heavy (non-hydrogen) atoms. The highest BCUT2D eigenvalue weighted by Gasteiger charge is 2.08. The third kappa shape index (κ3) is 6.29. The van der Waals surface area contributed by atoms with Crippen LogP contribution in [0.3, 0.4) is 0 Å². The molecule has 3 rings (SSSR count). The van der Waals surface area contributed by atoms with E-state index >= 15 is 0 Å². The molecular formula is C23H20ClN3O5. The van der Waals surface area contributed by atoms with Gasteiger partial charge >= 0.3 is 0 Å². The van der Waals surface area contributed by atoms with Gasteiger partial charge in [0.25, 0.3) is 5.69 Å². The number of nitro groups is 1. The van der Waals surface area contributed by atoms with E-state index < -0.39 is 4.92 Å². The van der Waals surface area contributed by atoms with Crippen LogP contribution in [0.25, 0.3) is 0 Å². The molecule has 164 valence electrons. The molecular weight excluding hydrogens is 434 g/mol. The average Bonchev–Trinajstić information content (AvgIpc) is 2.79. The number of hydrazone groups is 1. The van der Waals surface area contributed by atoms with Crippen LogP contribution in [0.2, 0.25) is 5.02 Å². The fourth-order valence-corrected chi connectivity index (χ4v) is 2.98. The molecule has 0 heterocycles. The lowest BCUT2D eigenvalue weighted by molar-refractivity contribution is -0.384. The molecule has 0 aromatic heterocycles. The van der Waals surface area contributed by atoms with E-state index in [0.717, 1.165) is 5.56 Å². The van der Waals surface area contributed by atoms with Crippen molar-refractivity contribution in [3.05, 3.63) is 98.6 Å². The van der Waals surface area contributed by atoms with Crippen LogP contribution in [0.1, 0.15) is 16.7 Å². The van der Waals surface area contributed by atoms with Crippen LogP contribution in [0, 0.1) is 10.1 Å². The summed E-state index contributed by atoms with van der Waals surface area (Å²) < 4.78 is 11.2. The molecule has 0 bridgehead atoms. The summed E-state index contributed by atoms with van der Waals surface area (Å²) in [5.41, 5.74) is 4.60. The minimum atomic E-state index is -0.491. The number of amides is 1. The quantitative estimate of drug-likeness (QED) is 0.291. The molecule has 1 amide bonds. The SMILES string of the molecule is COc1cc(/C=N\NC(=O)Cc2ccc([N+](=O)[O-])cc2)ccc1OCc1ccccc1Cl. The first-order chi connectivity index (χ1) is 15.5. The maximum atomic E-state index is 12.0. The minimum Gasteiger partial charge on any atom is -0.493 e. The Bertz CT molecular complexity index is 1130. The maximum absolute atomic E-state index is 12.0. The fourth-order valence-electron chi connectivity index (χ4n) is 2.79. The van der Waals surface area contributed by atoms with E-state index in [2.05, 4.69) is 10.5 Å². The van der Waals surface area contributed by atoms with Crippen molar-refractivity contribution in [2.24, 2.45) is 5.10 Å². The minimum absolute atomic E-state index is 0.0274. The molecule has 0 saturated carbocycles. The second-order valence-electron chi connectivity index (χ2n) is 6.68. The molecule has 0 aliphatic carbocycles. The number of ether oxygens (including phenoxy) is 2. The highest BCUT2D eigenvalue weighted by Crippen LogP contribution is 2.29. The second-order valence-corrected chi connectivity index (χ2v) is 7.09. The van der Waals surface area contributed by atoms with Gasteiger partial charge in [0.1, 0.15) is 6.61 Å². The molecule has 1 N–H and O–H groups in total. The molecule has 0 unspecified atom stereocenters. The molecule has 0 fully saturated rings. The summed E-state index contributed by atoms with van der Waals surface area (Å²) in [6.45, 7) is 0.294. The van der Waals surface area contributed by atoms with Gasteiger partial charge in [0, 0.05) is 22.7 Å². The van der Waals surface area contributed by atoms with Crippen LogP contribution in [0.5, 0.6) is 11.5 Å². The summed E-state index contributed by atoms with van der Waals surface area (Å²) in [7, 11) is 1.53. The van der Waals surface area contributed by atoms with Gasteiger partial charge in [0.05, 0.1) is 24.7 Å². The van der Waals surface area contributed by atoms with Gasteiger partial charge in [-0.05, 0) is 35.4 Å². The van der Waals surface area contributed by atoms with Crippen LogP contribution in [0.4, 0.5) is 5.69 Å². The van der Waals surface area contributed by atoms with Gasteiger partial charge in [-0.15, -0.1) is 0 Å². The van der Waals surface area contributed by atoms with E-state index in [-0.39, 0.29) is 18.0 Å². The summed E-state index contributed by atoms with van der Waals surface area (Å²) in [4.78, 5) is 22.2. The van der Waals surface area contributed by atoms with Crippen molar-refractivity contribution >= 4 is 29.4 Å². The van der Waals surface area contributed by atoms with Crippen LogP contribution >= 0.6 is 11.6 Å². The van der Waals surface area contributed by atoms with Crippen LogP contribution in [-0.2, 0) is 17.8 Å². The number of nitrogens with zero attached hydrogens (tertiary/aromatic N) is 2. The summed E-state index contributed by atoms with van der Waals surface area (Å²) in [6.07, 6.45) is 1.53. The van der Waals surface area contributed by atoms with E-state index in [4.69, 9.17) is 21.1 Å². The third-order valence-corrected chi connectivity index (χ3v) is 4.81. The monoisotopic (exact) mass is 453 g/mol. The number of hydrogen-bond donors (Lipinski definition) is 1. The first-order valence-corrected chi connectivity index (χ1v) is 9.93. The Hall–Kier alpha value is -3.91. The highest BCUT2D eigenvalue weighted by molar-refractivity contribution is 6.31. The highest BCUT2D eigenvalue weighted by atomic mass is 35.5. The molecule has 8 nitrogen and oxygen atoms in total. The van der Waals surface area contributed by atoms with Crippen LogP contribution in [-0.4, -0.2) is 24.2 Å². The first kappa shape index (κ1) is 22.8. The van der Waals surface area contributed by atoms with Gasteiger partial charge in [-0.2, -0.15) is 5.10 Å². The Balaban J connectivity index is 1.56. The molecule has 9 heteroatoms. The number of halogens is 1. The van der Waals surface area contributed by atoms with Gasteiger partial charge in [0.15, 0.2) is 11.5 Å². The van der Waals surface area contributed by atoms with E-state index in [0.29, 0.717) is 34.3 Å². The normalized spacial score (nSPS) is 10.7. The predicted molar refractivity (Wildman–Crippen MR) is 121 cm³/mol. The van der Waals surface area contributed by atoms with Gasteiger partial charge < -0.3 is 9.47 Å². The molecule has 3 aromatic rings. The van der Waals surface area contributed by atoms with Crippen LogP contribution < -0.4 is 14.9 Å². The molecule has 0 saturated heterocycles. The summed E-state index contributed by atoms with van der Waals surface area (Å²) in [5, 5.41) is 15.2. The molecule has 0 aliphatic heterocycles. The number of carbonyl (C=O) groups excluding carboxylic acids is 1. The molecule has 0 radical (unpaired) electrons. The van der Waals surface area contributed by atoms with Gasteiger partial charge in [-0.25, -0.2) is 5.43 Å². The lowest BCUT2D eigenvalue weighted by Crippen LogP contribution is -2.19. The maximum Gasteiger partial charge on any atom is 0.269 e. The number of methoxy groups -OCH3 is 1. The standard InChI is InChI=1S/C23H20ClN3O5/c1-31-22-12-17(8-11-21(22)32-15-18-4-2-3-5-20(18)24)14-25-26-23(28)13-16-6-9-19(10-7-16)27(29)30/h2-12,14H,13,15H2,1H3,(H,26,28)/b25-14-. The average molecular weight is 454 g/mol. The van der Waals surface area contributed by atoms with Crippen molar-refractivity contribution in [2.75, 3.05) is 7.11 Å². The zero-order valence-electron chi connectivity index (χ0n) is 17.2. The van der Waals surface area contributed by atoms with E-state index in [9.17, 15) is 14.9 Å². The number of rotatable bonds is 9. The van der Waals surface area contributed by atoms with Crippen molar-refractivity contribution < 1.29 is 19.2 Å². The van der Waals surface area contributed by atoms with Gasteiger partial charge in [0.2, 0.25) is 5.91 Å². The Morgan fingerprint density at radius 3 is 2.56 bits per heavy atom. The summed E-state index contributed by atoms with van der Waals surface area (Å²) in [6, 6.07) is 18.5. The zero-order chi connectivity index (χ0) is 22.9. The van der Waals surface area contributed by atoms with E-state index in [1.807, 2.05) is 18.2 Å². The number of hydrogen-bond acceptors (Lipinski definition) is 6. The Morgan fingerprint density at radius 1 is 1.12 bits per heavy atom. The number of carbonyl (C=O) groups is 1. The van der Waals surface area contributed by atoms with Crippen molar-refractivity contribution in [1.82, 2.24) is 5.43 Å². The van der Waals surface area contributed by atoms with Gasteiger partial charge in [-0.3, -0.25) is 14.9 Å². The fraction of sp³-hybridized carbons (Fsp3) is 0.130. The second kappa shape index (κ2) is 10.9. The lowest BCUT2D eigenvalue weighted by atomic mass is 10.1. The first-order valence-electron chi connectivity index (χ1n) is 9.55.